The number of carbonyl (C=O) groups is 2. The van der Waals surface area contributed by atoms with Gasteiger partial charge in [-0.05, 0) is 59.3 Å². The quantitative estimate of drug-likeness (QED) is 0.181. The van der Waals surface area contributed by atoms with Gasteiger partial charge < -0.3 is 9.47 Å². The molecule has 0 spiro atoms. The van der Waals surface area contributed by atoms with Crippen LogP contribution in [0.25, 0.3) is 0 Å². The molecule has 29 heavy (non-hydrogen) atoms. The van der Waals surface area contributed by atoms with E-state index >= 15 is 0 Å². The molecule has 4 unspecified atom stereocenters. The van der Waals surface area contributed by atoms with Gasteiger partial charge in [-0.2, -0.15) is 0 Å². The van der Waals surface area contributed by atoms with Gasteiger partial charge in [0.1, 0.15) is 0 Å². The molecular weight excluding hydrogens is 364 g/mol. The van der Waals surface area contributed by atoms with Crippen LogP contribution in [0.15, 0.2) is 11.6 Å². The van der Waals surface area contributed by atoms with E-state index in [9.17, 15) is 9.59 Å². The SMILES string of the molecule is CCCCCCC(C)OC(=O)C1CC=C(C)CC1C(=O)OC(C)CCCCCC. The van der Waals surface area contributed by atoms with E-state index in [1.165, 1.54) is 38.5 Å². The molecule has 0 saturated heterocycles. The first-order valence-electron chi connectivity index (χ1n) is 12.0. The minimum Gasteiger partial charge on any atom is -0.462 e. The molecule has 0 aromatic heterocycles. The maximum atomic E-state index is 12.8. The summed E-state index contributed by atoms with van der Waals surface area (Å²) in [5.74, 6) is -1.32. The maximum absolute atomic E-state index is 12.8. The van der Waals surface area contributed by atoms with Crippen LogP contribution in [0.4, 0.5) is 0 Å². The first-order chi connectivity index (χ1) is 13.9. The fraction of sp³-hybridized carbons (Fsp3) is 0.840. The molecule has 0 heterocycles. The van der Waals surface area contributed by atoms with Gasteiger partial charge in [-0.1, -0.05) is 64.0 Å². The van der Waals surface area contributed by atoms with Crippen LogP contribution in [0.1, 0.15) is 112 Å². The zero-order valence-electron chi connectivity index (χ0n) is 19.5. The van der Waals surface area contributed by atoms with Gasteiger partial charge in [0.05, 0.1) is 24.0 Å². The van der Waals surface area contributed by atoms with E-state index in [2.05, 4.69) is 19.9 Å². The lowest BCUT2D eigenvalue weighted by Crippen LogP contribution is -2.36. The van der Waals surface area contributed by atoms with Crippen molar-refractivity contribution >= 4 is 11.9 Å². The Kier molecular flexibility index (Phi) is 13.0. The van der Waals surface area contributed by atoms with Crippen LogP contribution in [0.5, 0.6) is 0 Å². The second-order valence-electron chi connectivity index (χ2n) is 8.90. The predicted octanol–water partition coefficient (Wildman–Crippen LogP) is 6.76. The standard InChI is InChI=1S/C25H44O4/c1-6-8-10-12-14-20(4)28-24(26)22-17-16-19(3)18-23(22)25(27)29-21(5)15-13-11-9-7-2/h16,20-23H,6-15,17-18H2,1-5H3. The first kappa shape index (κ1) is 25.7. The highest BCUT2D eigenvalue weighted by Crippen LogP contribution is 2.32. The van der Waals surface area contributed by atoms with E-state index in [0.29, 0.717) is 12.8 Å². The van der Waals surface area contributed by atoms with Crippen molar-refractivity contribution in [1.29, 1.82) is 0 Å². The third-order valence-corrected chi connectivity index (χ3v) is 5.92. The molecule has 0 aromatic carbocycles. The van der Waals surface area contributed by atoms with Gasteiger partial charge in [-0.25, -0.2) is 0 Å². The number of hydrogen-bond donors (Lipinski definition) is 0. The molecule has 0 fully saturated rings. The molecule has 0 radical (unpaired) electrons. The van der Waals surface area contributed by atoms with Crippen molar-refractivity contribution in [3.05, 3.63) is 11.6 Å². The average molecular weight is 409 g/mol. The summed E-state index contributed by atoms with van der Waals surface area (Å²) in [5.41, 5.74) is 1.15. The molecule has 4 nitrogen and oxygen atoms in total. The van der Waals surface area contributed by atoms with Crippen LogP contribution >= 0.6 is 0 Å². The van der Waals surface area contributed by atoms with Gasteiger partial charge in [0, 0.05) is 0 Å². The highest BCUT2D eigenvalue weighted by atomic mass is 16.6. The molecular formula is C25H44O4. The lowest BCUT2D eigenvalue weighted by Gasteiger charge is -2.29. The van der Waals surface area contributed by atoms with E-state index in [-0.39, 0.29) is 24.1 Å². The minimum atomic E-state index is -0.420. The third kappa shape index (κ3) is 10.3. The fourth-order valence-corrected chi connectivity index (χ4v) is 3.98. The zero-order chi connectivity index (χ0) is 21.6. The Hall–Kier alpha value is -1.32. The Labute approximate surface area is 178 Å². The van der Waals surface area contributed by atoms with Crippen LogP contribution in [-0.4, -0.2) is 24.1 Å². The van der Waals surface area contributed by atoms with Gasteiger partial charge >= 0.3 is 11.9 Å². The highest BCUT2D eigenvalue weighted by molar-refractivity contribution is 5.83. The fourth-order valence-electron chi connectivity index (χ4n) is 3.98. The number of unbranched alkanes of at least 4 members (excludes halogenated alkanes) is 6. The van der Waals surface area contributed by atoms with E-state index in [1.54, 1.807) is 0 Å². The summed E-state index contributed by atoms with van der Waals surface area (Å²) in [6, 6.07) is 0. The molecule has 1 rings (SSSR count). The third-order valence-electron chi connectivity index (χ3n) is 5.92. The second-order valence-corrected chi connectivity index (χ2v) is 8.90. The molecule has 0 aliphatic heterocycles. The van der Waals surface area contributed by atoms with Gasteiger partial charge in [-0.3, -0.25) is 9.59 Å². The Morgan fingerprint density at radius 2 is 1.34 bits per heavy atom. The maximum Gasteiger partial charge on any atom is 0.310 e. The van der Waals surface area contributed by atoms with Crippen molar-refractivity contribution in [2.24, 2.45) is 11.8 Å². The predicted molar refractivity (Wildman–Crippen MR) is 119 cm³/mol. The summed E-state index contributed by atoms with van der Waals surface area (Å²) in [7, 11) is 0. The Bertz CT molecular complexity index is 511. The van der Waals surface area contributed by atoms with E-state index in [1.807, 2.05) is 20.8 Å². The van der Waals surface area contributed by atoms with Crippen molar-refractivity contribution in [2.75, 3.05) is 0 Å². The van der Waals surface area contributed by atoms with Crippen LogP contribution < -0.4 is 0 Å². The Morgan fingerprint density at radius 1 is 0.862 bits per heavy atom. The summed E-state index contributed by atoms with van der Waals surface area (Å²) in [5, 5.41) is 0. The first-order valence-corrected chi connectivity index (χ1v) is 12.0. The molecule has 168 valence electrons. The number of ether oxygens (including phenoxy) is 2. The number of hydrogen-bond acceptors (Lipinski definition) is 4. The second kappa shape index (κ2) is 14.6. The highest BCUT2D eigenvalue weighted by Gasteiger charge is 2.38. The molecule has 4 heteroatoms. The summed E-state index contributed by atoms with van der Waals surface area (Å²) < 4.78 is 11.4. The normalized spacial score (nSPS) is 21.2. The average Bonchev–Trinajstić information content (AvgIpc) is 2.68. The summed E-state index contributed by atoms with van der Waals surface area (Å²) in [4.78, 5) is 25.6. The van der Waals surface area contributed by atoms with Crippen molar-refractivity contribution in [3.8, 4) is 0 Å². The summed E-state index contributed by atoms with van der Waals surface area (Å²) >= 11 is 0. The topological polar surface area (TPSA) is 52.6 Å². The molecule has 0 amide bonds. The van der Waals surface area contributed by atoms with Crippen LogP contribution in [0, 0.1) is 11.8 Å². The van der Waals surface area contributed by atoms with Crippen molar-refractivity contribution in [3.63, 3.8) is 0 Å². The van der Waals surface area contributed by atoms with E-state index in [0.717, 1.165) is 31.3 Å². The van der Waals surface area contributed by atoms with Gasteiger partial charge in [0.15, 0.2) is 0 Å². The molecule has 1 aliphatic carbocycles. The lowest BCUT2D eigenvalue weighted by molar-refractivity contribution is -0.166. The largest absolute Gasteiger partial charge is 0.462 e. The van der Waals surface area contributed by atoms with Crippen molar-refractivity contribution in [1.82, 2.24) is 0 Å². The minimum absolute atomic E-state index is 0.0967. The Morgan fingerprint density at radius 3 is 1.83 bits per heavy atom. The smallest absolute Gasteiger partial charge is 0.310 e. The van der Waals surface area contributed by atoms with Crippen LogP contribution in [-0.2, 0) is 19.1 Å². The summed E-state index contributed by atoms with van der Waals surface area (Å²) in [6.45, 7) is 10.3. The lowest BCUT2D eigenvalue weighted by atomic mass is 9.80. The van der Waals surface area contributed by atoms with Gasteiger partial charge in [-0.15, -0.1) is 0 Å². The van der Waals surface area contributed by atoms with Gasteiger partial charge in [0.25, 0.3) is 0 Å². The molecule has 0 aromatic rings. The zero-order valence-corrected chi connectivity index (χ0v) is 19.5. The van der Waals surface area contributed by atoms with Crippen molar-refractivity contribution in [2.45, 2.75) is 124 Å². The monoisotopic (exact) mass is 408 g/mol. The molecule has 0 saturated carbocycles. The van der Waals surface area contributed by atoms with Crippen molar-refractivity contribution < 1.29 is 19.1 Å². The number of carbonyl (C=O) groups excluding carboxylic acids is 2. The Balaban J connectivity index is 2.56. The molecule has 0 bridgehead atoms. The van der Waals surface area contributed by atoms with Crippen LogP contribution in [0.3, 0.4) is 0 Å². The molecule has 0 N–H and O–H groups in total. The molecule has 1 aliphatic rings. The van der Waals surface area contributed by atoms with Crippen LogP contribution in [0.2, 0.25) is 0 Å². The number of allylic oxidation sites excluding steroid dienone is 2. The number of esters is 2. The summed E-state index contributed by atoms with van der Waals surface area (Å²) in [6.07, 6.45) is 14.1. The van der Waals surface area contributed by atoms with E-state index < -0.39 is 11.8 Å². The van der Waals surface area contributed by atoms with Gasteiger partial charge in [0.2, 0.25) is 0 Å². The molecule has 4 atom stereocenters. The number of rotatable bonds is 14. The van der Waals surface area contributed by atoms with E-state index in [4.69, 9.17) is 9.47 Å².